The van der Waals surface area contributed by atoms with Gasteiger partial charge in [-0.1, -0.05) is 44.5 Å². The van der Waals surface area contributed by atoms with Gasteiger partial charge in [0.2, 0.25) is 0 Å². The molecule has 0 aliphatic rings. The van der Waals surface area contributed by atoms with Crippen molar-refractivity contribution in [1.29, 1.82) is 5.26 Å². The average molecular weight is 374 g/mol. The van der Waals surface area contributed by atoms with Gasteiger partial charge in [0, 0.05) is 6.07 Å². The Bertz CT molecular complexity index is 774. The maximum atomic E-state index is 9.03. The highest BCUT2D eigenvalue weighted by atomic mass is 35.5. The molecule has 2 aromatic carbocycles. The van der Waals surface area contributed by atoms with E-state index in [1.54, 1.807) is 12.1 Å². The van der Waals surface area contributed by atoms with E-state index in [1.807, 2.05) is 19.1 Å². The van der Waals surface area contributed by atoms with Crippen LogP contribution in [0.25, 0.3) is 0 Å². The Morgan fingerprint density at radius 1 is 1.00 bits per heavy atom. The van der Waals surface area contributed by atoms with E-state index in [0.29, 0.717) is 41.9 Å². The predicted molar refractivity (Wildman–Crippen MR) is 103 cm³/mol. The summed E-state index contributed by atoms with van der Waals surface area (Å²) in [5, 5.41) is 9.38. The van der Waals surface area contributed by atoms with Crippen LogP contribution < -0.4 is 14.2 Å². The third-order valence-electron chi connectivity index (χ3n) is 3.76. The van der Waals surface area contributed by atoms with Crippen LogP contribution >= 0.6 is 11.6 Å². The number of benzene rings is 2. The van der Waals surface area contributed by atoms with Gasteiger partial charge >= 0.3 is 0 Å². The van der Waals surface area contributed by atoms with E-state index in [4.69, 9.17) is 31.1 Å². The number of hydrogen-bond donors (Lipinski definition) is 0. The molecular formula is C21H24ClNO3. The largest absolute Gasteiger partial charge is 0.490 e. The molecule has 5 heteroatoms. The summed E-state index contributed by atoms with van der Waals surface area (Å²) >= 11 is 6.21. The van der Waals surface area contributed by atoms with Crippen molar-refractivity contribution in [2.75, 3.05) is 19.8 Å². The lowest BCUT2D eigenvalue weighted by atomic mass is 9.87. The van der Waals surface area contributed by atoms with E-state index in [2.05, 4.69) is 39.0 Å². The SMILES string of the molecule is CCOc1cc(C#N)cc(Cl)c1OCCOc1ccc(C(C)(C)C)cc1. The minimum absolute atomic E-state index is 0.115. The van der Waals surface area contributed by atoms with Crippen LogP contribution in [-0.4, -0.2) is 19.8 Å². The van der Waals surface area contributed by atoms with Crippen LogP contribution in [0.1, 0.15) is 38.8 Å². The zero-order valence-corrected chi connectivity index (χ0v) is 16.4. The molecule has 0 bridgehead atoms. The Hall–Kier alpha value is -2.38. The number of halogens is 1. The third-order valence-corrected chi connectivity index (χ3v) is 4.04. The lowest BCUT2D eigenvalue weighted by molar-refractivity contribution is 0.208. The van der Waals surface area contributed by atoms with Crippen LogP contribution in [0.2, 0.25) is 5.02 Å². The first kappa shape index (κ1) is 19.9. The molecule has 2 aromatic rings. The van der Waals surface area contributed by atoms with Gasteiger partial charge in [0.1, 0.15) is 19.0 Å². The standard InChI is InChI=1S/C21H24ClNO3/c1-5-24-19-13-15(14-23)12-18(22)20(19)26-11-10-25-17-8-6-16(7-9-17)21(2,3)4/h6-9,12-13H,5,10-11H2,1-4H3. The van der Waals surface area contributed by atoms with Crippen molar-refractivity contribution < 1.29 is 14.2 Å². The van der Waals surface area contributed by atoms with Crippen molar-refractivity contribution in [3.8, 4) is 23.3 Å². The van der Waals surface area contributed by atoms with Gasteiger partial charge in [0.05, 0.1) is 23.3 Å². The summed E-state index contributed by atoms with van der Waals surface area (Å²) in [7, 11) is 0. The lowest BCUT2D eigenvalue weighted by Crippen LogP contribution is -2.12. The van der Waals surface area contributed by atoms with Gasteiger partial charge in [-0.25, -0.2) is 0 Å². The van der Waals surface area contributed by atoms with Gasteiger partial charge < -0.3 is 14.2 Å². The Morgan fingerprint density at radius 2 is 1.65 bits per heavy atom. The fourth-order valence-electron chi connectivity index (χ4n) is 2.39. The molecule has 0 heterocycles. The summed E-state index contributed by atoms with van der Waals surface area (Å²) in [4.78, 5) is 0. The summed E-state index contributed by atoms with van der Waals surface area (Å²) < 4.78 is 17.0. The Balaban J connectivity index is 1.95. The summed E-state index contributed by atoms with van der Waals surface area (Å²) in [6, 6.07) is 13.3. The summed E-state index contributed by atoms with van der Waals surface area (Å²) in [5.41, 5.74) is 1.80. The maximum Gasteiger partial charge on any atom is 0.179 e. The highest BCUT2D eigenvalue weighted by molar-refractivity contribution is 6.32. The molecule has 0 radical (unpaired) electrons. The molecule has 0 aliphatic heterocycles. The van der Waals surface area contributed by atoms with Gasteiger partial charge in [0.15, 0.2) is 11.5 Å². The van der Waals surface area contributed by atoms with Crippen LogP contribution in [0.3, 0.4) is 0 Å². The van der Waals surface area contributed by atoms with E-state index in [-0.39, 0.29) is 5.41 Å². The highest BCUT2D eigenvalue weighted by Crippen LogP contribution is 2.36. The van der Waals surface area contributed by atoms with Crippen LogP contribution in [0.5, 0.6) is 17.2 Å². The molecule has 0 saturated heterocycles. The molecule has 138 valence electrons. The molecule has 0 saturated carbocycles. The first-order valence-electron chi connectivity index (χ1n) is 8.57. The predicted octanol–water partition coefficient (Wildman–Crippen LogP) is 5.37. The quantitative estimate of drug-likeness (QED) is 0.612. The molecule has 2 rings (SSSR count). The fourth-order valence-corrected chi connectivity index (χ4v) is 2.66. The van der Waals surface area contributed by atoms with Crippen LogP contribution in [0.4, 0.5) is 0 Å². The fraction of sp³-hybridized carbons (Fsp3) is 0.381. The average Bonchev–Trinajstić information content (AvgIpc) is 2.60. The minimum atomic E-state index is 0.115. The van der Waals surface area contributed by atoms with E-state index < -0.39 is 0 Å². The van der Waals surface area contributed by atoms with Crippen molar-refractivity contribution in [3.05, 3.63) is 52.5 Å². The Labute approximate surface area is 160 Å². The number of nitrogens with zero attached hydrogens (tertiary/aromatic N) is 1. The molecule has 0 amide bonds. The minimum Gasteiger partial charge on any atom is -0.490 e. The molecule has 0 aromatic heterocycles. The monoisotopic (exact) mass is 373 g/mol. The van der Waals surface area contributed by atoms with E-state index >= 15 is 0 Å². The molecular weight excluding hydrogens is 350 g/mol. The van der Waals surface area contributed by atoms with Crippen molar-refractivity contribution in [3.63, 3.8) is 0 Å². The molecule has 0 N–H and O–H groups in total. The van der Waals surface area contributed by atoms with E-state index in [9.17, 15) is 0 Å². The third kappa shape index (κ3) is 5.31. The van der Waals surface area contributed by atoms with Gasteiger partial charge in [0.25, 0.3) is 0 Å². The zero-order valence-electron chi connectivity index (χ0n) is 15.6. The second-order valence-corrected chi connectivity index (χ2v) is 7.21. The first-order valence-corrected chi connectivity index (χ1v) is 8.95. The molecule has 0 unspecified atom stereocenters. The lowest BCUT2D eigenvalue weighted by Gasteiger charge is -2.19. The van der Waals surface area contributed by atoms with Gasteiger partial charge in [-0.3, -0.25) is 0 Å². The van der Waals surface area contributed by atoms with Crippen molar-refractivity contribution in [1.82, 2.24) is 0 Å². The molecule has 0 spiro atoms. The smallest absolute Gasteiger partial charge is 0.179 e. The van der Waals surface area contributed by atoms with Gasteiger partial charge in [-0.05, 0) is 36.1 Å². The first-order chi connectivity index (χ1) is 12.3. The molecule has 0 fully saturated rings. The highest BCUT2D eigenvalue weighted by Gasteiger charge is 2.14. The van der Waals surface area contributed by atoms with Crippen LogP contribution in [0.15, 0.2) is 36.4 Å². The van der Waals surface area contributed by atoms with E-state index in [1.165, 1.54) is 5.56 Å². The van der Waals surface area contributed by atoms with Crippen molar-refractivity contribution >= 4 is 11.6 Å². The van der Waals surface area contributed by atoms with Crippen molar-refractivity contribution in [2.45, 2.75) is 33.1 Å². The van der Waals surface area contributed by atoms with Crippen LogP contribution in [-0.2, 0) is 5.41 Å². The van der Waals surface area contributed by atoms with E-state index in [0.717, 1.165) is 5.75 Å². The number of hydrogen-bond acceptors (Lipinski definition) is 4. The number of ether oxygens (including phenoxy) is 3. The topological polar surface area (TPSA) is 51.5 Å². The summed E-state index contributed by atoms with van der Waals surface area (Å²) in [6.07, 6.45) is 0. The van der Waals surface area contributed by atoms with Gasteiger partial charge in [-0.2, -0.15) is 5.26 Å². The molecule has 4 nitrogen and oxygen atoms in total. The Morgan fingerprint density at radius 3 is 2.23 bits per heavy atom. The van der Waals surface area contributed by atoms with Crippen molar-refractivity contribution in [2.24, 2.45) is 0 Å². The maximum absolute atomic E-state index is 9.03. The number of rotatable bonds is 7. The molecule has 0 atom stereocenters. The Kier molecular flexibility index (Phi) is 6.76. The van der Waals surface area contributed by atoms with Gasteiger partial charge in [-0.15, -0.1) is 0 Å². The second-order valence-electron chi connectivity index (χ2n) is 6.80. The molecule has 26 heavy (non-hydrogen) atoms. The normalized spacial score (nSPS) is 10.9. The molecule has 0 aliphatic carbocycles. The second kappa shape index (κ2) is 8.82. The van der Waals surface area contributed by atoms with Crippen LogP contribution in [0, 0.1) is 11.3 Å². The zero-order chi connectivity index (χ0) is 19.2. The summed E-state index contributed by atoms with van der Waals surface area (Å²) in [6.45, 7) is 9.53. The number of nitriles is 1. The summed E-state index contributed by atoms with van der Waals surface area (Å²) in [5.74, 6) is 1.68.